The number of aromatic nitrogens is 2. The first-order chi connectivity index (χ1) is 7.67. The molecule has 0 amide bonds. The summed E-state index contributed by atoms with van der Waals surface area (Å²) in [6, 6.07) is 5.10. The van der Waals surface area contributed by atoms with Crippen LogP contribution in [-0.2, 0) is 6.54 Å². The molecule has 17 heavy (non-hydrogen) atoms. The molecule has 1 N–H and O–H groups in total. The summed E-state index contributed by atoms with van der Waals surface area (Å²) < 4.78 is 6.71. The van der Waals surface area contributed by atoms with Crippen LogP contribution in [0.1, 0.15) is 18.8 Å². The monoisotopic (exact) mass is 228 g/mol. The van der Waals surface area contributed by atoms with Gasteiger partial charge in [-0.25, -0.2) is 9.78 Å². The second-order valence-corrected chi connectivity index (χ2v) is 3.34. The van der Waals surface area contributed by atoms with Crippen molar-refractivity contribution in [2.24, 2.45) is 0 Å². The van der Waals surface area contributed by atoms with E-state index in [9.17, 15) is 4.79 Å². The first-order valence-corrected chi connectivity index (χ1v) is 4.95. The Hall–Kier alpha value is -1.44. The molecule has 6 heteroatoms. The molecule has 86 valence electrons. The van der Waals surface area contributed by atoms with E-state index in [1.54, 1.807) is 16.7 Å². The zero-order chi connectivity index (χ0) is 11.7. The van der Waals surface area contributed by atoms with E-state index in [0.717, 1.165) is 5.52 Å². The maximum absolute atomic E-state index is 11.0. The first kappa shape index (κ1) is 13.6. The van der Waals surface area contributed by atoms with E-state index >= 15 is 0 Å². The zero-order valence-electron chi connectivity index (χ0n) is 11.1. The Morgan fingerprint density at radius 3 is 2.82 bits per heavy atom. The quantitative estimate of drug-likeness (QED) is 0.676. The number of carboxylic acid groups (broad SMARTS) is 1. The van der Waals surface area contributed by atoms with Gasteiger partial charge in [0.25, 0.3) is 0 Å². The molecule has 0 aliphatic rings. The molecule has 0 saturated heterocycles. The molecule has 0 aliphatic carbocycles. The van der Waals surface area contributed by atoms with Crippen LogP contribution in [0.2, 0.25) is 0 Å². The largest absolute Gasteiger partial charge is 1.00 e. The van der Waals surface area contributed by atoms with Crippen molar-refractivity contribution in [3.63, 3.8) is 0 Å². The van der Waals surface area contributed by atoms with Gasteiger partial charge in [-0.15, -0.1) is 0 Å². The Bertz CT molecular complexity index is 556. The van der Waals surface area contributed by atoms with Crippen LogP contribution >= 0.6 is 0 Å². The normalized spacial score (nSPS) is 10.0. The molecule has 0 atom stereocenters. The van der Waals surface area contributed by atoms with Crippen LogP contribution in [0.5, 0.6) is 5.88 Å². The van der Waals surface area contributed by atoms with E-state index in [0.29, 0.717) is 17.9 Å². The van der Waals surface area contributed by atoms with Crippen molar-refractivity contribution >= 4 is 17.0 Å². The van der Waals surface area contributed by atoms with Crippen LogP contribution in [0.25, 0.3) is 11.0 Å². The van der Waals surface area contributed by atoms with E-state index in [1.165, 1.54) is 7.11 Å². The van der Waals surface area contributed by atoms with Crippen LogP contribution in [0.3, 0.4) is 0 Å². The van der Waals surface area contributed by atoms with Gasteiger partial charge in [-0.05, 0) is 19.1 Å². The number of rotatable bonds is 3. The van der Waals surface area contributed by atoms with Crippen LogP contribution in [-0.4, -0.2) is 27.7 Å². The van der Waals surface area contributed by atoms with Gasteiger partial charge in [0, 0.05) is 12.6 Å². The van der Waals surface area contributed by atoms with Gasteiger partial charge in [-0.3, -0.25) is 0 Å². The van der Waals surface area contributed by atoms with Gasteiger partial charge in [-0.1, -0.05) is 0 Å². The average Bonchev–Trinajstić information content (AvgIpc) is 2.66. The molecule has 0 aliphatic heterocycles. The van der Waals surface area contributed by atoms with E-state index < -0.39 is 5.97 Å². The minimum absolute atomic E-state index is 0. The fourth-order valence-electron chi connectivity index (χ4n) is 1.75. The summed E-state index contributed by atoms with van der Waals surface area (Å²) in [5.41, 5.74) is 1.69. The molecule has 0 saturated carbocycles. The number of hydrogen-bond donors (Lipinski definition) is 1. The van der Waals surface area contributed by atoms with Crippen molar-refractivity contribution in [2.45, 2.75) is 13.5 Å². The third-order valence-corrected chi connectivity index (χ3v) is 2.48. The van der Waals surface area contributed by atoms with Crippen molar-refractivity contribution in [2.75, 3.05) is 7.11 Å². The van der Waals surface area contributed by atoms with E-state index in [1.807, 2.05) is 13.0 Å². The second kappa shape index (κ2) is 5.26. The van der Waals surface area contributed by atoms with E-state index in [4.69, 9.17) is 9.84 Å². The average molecular weight is 228 g/mol. The van der Waals surface area contributed by atoms with E-state index in [-0.39, 0.29) is 26.0 Å². The van der Waals surface area contributed by atoms with Crippen molar-refractivity contribution < 1.29 is 34.9 Å². The summed E-state index contributed by atoms with van der Waals surface area (Å²) in [6.45, 7) is 2.50. The van der Waals surface area contributed by atoms with Gasteiger partial charge in [0.2, 0.25) is 5.88 Å². The summed E-state index contributed by atoms with van der Waals surface area (Å²) in [5, 5.41) is 9.04. The van der Waals surface area contributed by atoms with Crippen LogP contribution < -0.4 is 23.6 Å². The van der Waals surface area contributed by atoms with Crippen molar-refractivity contribution in [3.05, 3.63) is 23.9 Å². The molecule has 0 spiro atoms. The Morgan fingerprint density at radius 2 is 2.29 bits per heavy atom. The summed E-state index contributed by atoms with van der Waals surface area (Å²) in [5.74, 6) is -0.462. The number of fused-ring (bicyclic) bond motifs is 1. The molecule has 0 fully saturated rings. The van der Waals surface area contributed by atoms with Gasteiger partial charge >= 0.3 is 24.8 Å². The Labute approximate surface area is 112 Å². The predicted molar refractivity (Wildman–Crippen MR) is 60.0 cm³/mol. The summed E-state index contributed by atoms with van der Waals surface area (Å²) in [7, 11) is 1.53. The number of pyridine rings is 1. The summed E-state index contributed by atoms with van der Waals surface area (Å²) in [4.78, 5) is 15.2. The standard InChI is InChI=1S/C11H12N2O3.Li.H/c1-3-13-8-4-5-10(16-2)12-7(8)6-9(13)11(14)15;;/h4-6H,3H2,1-2H3,(H,14,15);;/q;+1;-1. The maximum atomic E-state index is 11.0. The van der Waals surface area contributed by atoms with Crippen LogP contribution in [0.15, 0.2) is 18.2 Å². The van der Waals surface area contributed by atoms with Gasteiger partial charge in [0.05, 0.1) is 18.1 Å². The number of hydrogen-bond acceptors (Lipinski definition) is 3. The number of carbonyl (C=O) groups is 1. The number of methoxy groups -OCH3 is 1. The number of carboxylic acids is 1. The van der Waals surface area contributed by atoms with Gasteiger partial charge in [-0.2, -0.15) is 0 Å². The molecule has 0 aromatic carbocycles. The fourth-order valence-corrected chi connectivity index (χ4v) is 1.75. The molecule has 2 rings (SSSR count). The Kier molecular flexibility index (Phi) is 4.21. The molecule has 0 radical (unpaired) electrons. The molecule has 0 unspecified atom stereocenters. The van der Waals surface area contributed by atoms with Gasteiger partial charge < -0.3 is 15.8 Å². The third kappa shape index (κ3) is 2.31. The molecule has 2 aromatic heterocycles. The topological polar surface area (TPSA) is 64.4 Å². The molecule has 5 nitrogen and oxygen atoms in total. The number of ether oxygens (including phenoxy) is 1. The smallest absolute Gasteiger partial charge is 1.00 e. The van der Waals surface area contributed by atoms with Crippen LogP contribution in [0, 0.1) is 0 Å². The molecule has 2 heterocycles. The summed E-state index contributed by atoms with van der Waals surface area (Å²) >= 11 is 0. The SMILES string of the molecule is CCn1c(C(=O)O)cc2nc(OC)ccc21.[H-].[Li+]. The molecule has 2 aromatic rings. The minimum atomic E-state index is -0.946. The fraction of sp³-hybridized carbons (Fsp3) is 0.273. The van der Waals surface area contributed by atoms with Gasteiger partial charge in [0.15, 0.2) is 0 Å². The van der Waals surface area contributed by atoms with Crippen LogP contribution in [0.4, 0.5) is 0 Å². The summed E-state index contributed by atoms with van der Waals surface area (Å²) in [6.07, 6.45) is 0. The van der Waals surface area contributed by atoms with Crippen molar-refractivity contribution in [3.8, 4) is 5.88 Å². The first-order valence-electron chi connectivity index (χ1n) is 4.95. The Balaban J connectivity index is 0.00000144. The van der Waals surface area contributed by atoms with Crippen molar-refractivity contribution in [1.29, 1.82) is 0 Å². The number of aromatic carboxylic acids is 1. The minimum Gasteiger partial charge on any atom is -1.00 e. The number of aryl methyl sites for hydroxylation is 1. The number of nitrogens with zero attached hydrogens (tertiary/aromatic N) is 2. The maximum Gasteiger partial charge on any atom is 1.00 e. The second-order valence-electron chi connectivity index (χ2n) is 3.34. The zero-order valence-corrected chi connectivity index (χ0v) is 10.1. The molecular weight excluding hydrogens is 215 g/mol. The molecular formula is C11H13LiN2O3. The predicted octanol–water partition coefficient (Wildman–Crippen LogP) is -1.12. The van der Waals surface area contributed by atoms with Crippen molar-refractivity contribution in [1.82, 2.24) is 9.55 Å². The van der Waals surface area contributed by atoms with E-state index in [2.05, 4.69) is 4.98 Å². The van der Waals surface area contributed by atoms with Gasteiger partial charge in [0.1, 0.15) is 5.69 Å². The Morgan fingerprint density at radius 1 is 1.59 bits per heavy atom. The molecule has 0 bridgehead atoms. The third-order valence-electron chi connectivity index (χ3n) is 2.48.